The van der Waals surface area contributed by atoms with Crippen LogP contribution in [0, 0.1) is 11.3 Å². The van der Waals surface area contributed by atoms with E-state index < -0.39 is 5.91 Å². The summed E-state index contributed by atoms with van der Waals surface area (Å²) >= 11 is 3.44. The summed E-state index contributed by atoms with van der Waals surface area (Å²) in [6, 6.07) is 15.0. The number of carbonyl (C=O) groups excluding carboxylic acids is 1. The van der Waals surface area contributed by atoms with Crippen LogP contribution in [0.5, 0.6) is 5.75 Å². The third kappa shape index (κ3) is 5.61. The molecule has 0 radical (unpaired) electrons. The number of rotatable bonds is 8. The molecular weight excluding hydrogens is 418 g/mol. The highest BCUT2D eigenvalue weighted by Gasteiger charge is 2.11. The molecule has 6 heteroatoms. The van der Waals surface area contributed by atoms with Crippen molar-refractivity contribution < 1.29 is 9.53 Å². The molecule has 0 aliphatic heterocycles. The van der Waals surface area contributed by atoms with Crippen LogP contribution in [0.3, 0.4) is 0 Å². The van der Waals surface area contributed by atoms with Crippen molar-refractivity contribution >= 4 is 39.3 Å². The number of nitriles is 1. The molecule has 0 aliphatic rings. The van der Waals surface area contributed by atoms with E-state index in [1.54, 1.807) is 18.2 Å². The van der Waals surface area contributed by atoms with Crippen LogP contribution < -0.4 is 15.0 Å². The molecule has 0 saturated heterocycles. The highest BCUT2D eigenvalue weighted by atomic mass is 79.9. The molecule has 0 aliphatic carbocycles. The van der Waals surface area contributed by atoms with Crippen LogP contribution in [-0.2, 0) is 4.79 Å². The van der Waals surface area contributed by atoms with Gasteiger partial charge in [0.05, 0.1) is 11.1 Å². The molecule has 146 valence electrons. The van der Waals surface area contributed by atoms with E-state index in [-0.39, 0.29) is 5.57 Å². The van der Waals surface area contributed by atoms with Crippen molar-refractivity contribution in [1.29, 1.82) is 5.26 Å². The van der Waals surface area contributed by atoms with Gasteiger partial charge in [0.1, 0.15) is 17.4 Å². The smallest absolute Gasteiger partial charge is 0.266 e. The van der Waals surface area contributed by atoms with Crippen LogP contribution in [-0.4, -0.2) is 25.6 Å². The highest BCUT2D eigenvalue weighted by Crippen LogP contribution is 2.27. The molecule has 0 saturated carbocycles. The number of nitrogens with one attached hydrogen (secondary N) is 1. The molecule has 1 amide bonds. The topological polar surface area (TPSA) is 65.4 Å². The van der Waals surface area contributed by atoms with Gasteiger partial charge in [0, 0.05) is 24.5 Å². The van der Waals surface area contributed by atoms with Gasteiger partial charge in [0.2, 0.25) is 0 Å². The monoisotopic (exact) mass is 441 g/mol. The predicted octanol–water partition coefficient (Wildman–Crippen LogP) is 5.24. The fourth-order valence-corrected chi connectivity index (χ4v) is 3.25. The number of hydrogen-bond acceptors (Lipinski definition) is 4. The average Bonchev–Trinajstić information content (AvgIpc) is 2.70. The Labute approximate surface area is 174 Å². The number of hydrogen-bond donors (Lipinski definition) is 1. The molecule has 2 aromatic rings. The Kier molecular flexibility index (Phi) is 8.09. The SMILES string of the molecule is CCOc1ccc(/C=C(/C#N)C(=O)Nc2ccc(N(CC)CC)cc2)cc1Br. The summed E-state index contributed by atoms with van der Waals surface area (Å²) in [6.45, 7) is 8.51. The average molecular weight is 442 g/mol. The lowest BCUT2D eigenvalue weighted by Crippen LogP contribution is -2.21. The normalized spacial score (nSPS) is 10.9. The molecule has 1 N–H and O–H groups in total. The summed E-state index contributed by atoms with van der Waals surface area (Å²) in [5.74, 6) is 0.277. The Morgan fingerprint density at radius 1 is 1.18 bits per heavy atom. The van der Waals surface area contributed by atoms with Crippen molar-refractivity contribution in [2.24, 2.45) is 0 Å². The number of benzene rings is 2. The Hall–Kier alpha value is -2.78. The van der Waals surface area contributed by atoms with Gasteiger partial charge in [-0.1, -0.05) is 6.07 Å². The van der Waals surface area contributed by atoms with E-state index in [1.165, 1.54) is 0 Å². The predicted molar refractivity (Wildman–Crippen MR) is 118 cm³/mol. The second-order valence-electron chi connectivity index (χ2n) is 5.97. The quantitative estimate of drug-likeness (QED) is 0.449. The summed E-state index contributed by atoms with van der Waals surface area (Å²) in [7, 11) is 0. The maximum absolute atomic E-state index is 12.5. The van der Waals surface area contributed by atoms with Crippen molar-refractivity contribution in [3.05, 3.63) is 58.1 Å². The zero-order valence-electron chi connectivity index (χ0n) is 16.3. The molecule has 0 bridgehead atoms. The Balaban J connectivity index is 2.14. The third-order valence-electron chi connectivity index (χ3n) is 4.19. The number of nitrogens with zero attached hydrogens (tertiary/aromatic N) is 2. The fourth-order valence-electron chi connectivity index (χ4n) is 2.74. The van der Waals surface area contributed by atoms with Crippen LogP contribution >= 0.6 is 15.9 Å². The molecule has 0 unspecified atom stereocenters. The maximum Gasteiger partial charge on any atom is 0.266 e. The first kappa shape index (κ1) is 21.5. The lowest BCUT2D eigenvalue weighted by Gasteiger charge is -2.21. The number of amides is 1. The number of halogens is 1. The molecule has 5 nitrogen and oxygen atoms in total. The first-order valence-corrected chi connectivity index (χ1v) is 10.0. The molecule has 0 heterocycles. The van der Waals surface area contributed by atoms with E-state index in [4.69, 9.17) is 4.74 Å². The van der Waals surface area contributed by atoms with Gasteiger partial charge in [0.15, 0.2) is 0 Å². The Morgan fingerprint density at radius 3 is 2.39 bits per heavy atom. The largest absolute Gasteiger partial charge is 0.493 e. The van der Waals surface area contributed by atoms with Gasteiger partial charge in [-0.25, -0.2) is 0 Å². The molecule has 0 atom stereocenters. The zero-order chi connectivity index (χ0) is 20.5. The van der Waals surface area contributed by atoms with E-state index in [1.807, 2.05) is 43.3 Å². The van der Waals surface area contributed by atoms with Crippen molar-refractivity contribution in [2.75, 3.05) is 29.9 Å². The highest BCUT2D eigenvalue weighted by molar-refractivity contribution is 9.10. The van der Waals surface area contributed by atoms with Crippen LogP contribution in [0.1, 0.15) is 26.3 Å². The van der Waals surface area contributed by atoms with Gasteiger partial charge in [-0.05, 0) is 84.7 Å². The summed E-state index contributed by atoms with van der Waals surface area (Å²) < 4.78 is 6.25. The van der Waals surface area contributed by atoms with E-state index in [0.29, 0.717) is 12.3 Å². The number of ether oxygens (including phenoxy) is 1. The molecule has 0 spiro atoms. The zero-order valence-corrected chi connectivity index (χ0v) is 17.9. The van der Waals surface area contributed by atoms with Gasteiger partial charge >= 0.3 is 0 Å². The van der Waals surface area contributed by atoms with E-state index in [9.17, 15) is 10.1 Å². The first-order valence-electron chi connectivity index (χ1n) is 9.22. The Bertz CT molecular complexity index is 882. The summed E-state index contributed by atoms with van der Waals surface area (Å²) in [5, 5.41) is 12.2. The second-order valence-corrected chi connectivity index (χ2v) is 6.82. The minimum Gasteiger partial charge on any atom is -0.493 e. The number of anilines is 2. The molecule has 0 aromatic heterocycles. The van der Waals surface area contributed by atoms with Crippen molar-refractivity contribution in [1.82, 2.24) is 0 Å². The van der Waals surface area contributed by atoms with Gasteiger partial charge in [0.25, 0.3) is 5.91 Å². The standard InChI is InChI=1S/C22H24BrN3O2/c1-4-26(5-2)19-10-8-18(9-11-19)25-22(27)17(15-24)13-16-7-12-21(28-6-3)20(23)14-16/h7-14H,4-6H2,1-3H3,(H,25,27)/b17-13-. The summed E-state index contributed by atoms with van der Waals surface area (Å²) in [5.41, 5.74) is 2.51. The van der Waals surface area contributed by atoms with Crippen molar-refractivity contribution in [3.8, 4) is 11.8 Å². The third-order valence-corrected chi connectivity index (χ3v) is 4.81. The fraction of sp³-hybridized carbons (Fsp3) is 0.273. The van der Waals surface area contributed by atoms with Crippen molar-refractivity contribution in [3.63, 3.8) is 0 Å². The molecular formula is C22H24BrN3O2. The molecule has 28 heavy (non-hydrogen) atoms. The Morgan fingerprint density at radius 2 is 1.86 bits per heavy atom. The van der Waals surface area contributed by atoms with E-state index >= 15 is 0 Å². The van der Waals surface area contributed by atoms with Crippen LogP contribution in [0.25, 0.3) is 6.08 Å². The van der Waals surface area contributed by atoms with Crippen LogP contribution in [0.4, 0.5) is 11.4 Å². The van der Waals surface area contributed by atoms with Crippen LogP contribution in [0.15, 0.2) is 52.5 Å². The lowest BCUT2D eigenvalue weighted by molar-refractivity contribution is -0.112. The minimum atomic E-state index is -0.442. The molecule has 2 aromatic carbocycles. The van der Waals surface area contributed by atoms with Gasteiger partial charge in [-0.15, -0.1) is 0 Å². The minimum absolute atomic E-state index is 0.0314. The molecule has 2 rings (SSSR count). The second kappa shape index (κ2) is 10.5. The summed E-state index contributed by atoms with van der Waals surface area (Å²) in [4.78, 5) is 14.7. The van der Waals surface area contributed by atoms with Crippen LogP contribution in [0.2, 0.25) is 0 Å². The number of carbonyl (C=O) groups is 1. The van der Waals surface area contributed by atoms with E-state index in [2.05, 4.69) is 40.0 Å². The van der Waals surface area contributed by atoms with Gasteiger partial charge < -0.3 is 15.0 Å². The lowest BCUT2D eigenvalue weighted by atomic mass is 10.1. The summed E-state index contributed by atoms with van der Waals surface area (Å²) in [6.07, 6.45) is 1.56. The van der Waals surface area contributed by atoms with Gasteiger partial charge in [-0.3, -0.25) is 4.79 Å². The first-order chi connectivity index (χ1) is 13.5. The van der Waals surface area contributed by atoms with E-state index in [0.717, 1.165) is 34.6 Å². The van der Waals surface area contributed by atoms with Crippen molar-refractivity contribution in [2.45, 2.75) is 20.8 Å². The maximum atomic E-state index is 12.5. The van der Waals surface area contributed by atoms with Gasteiger partial charge in [-0.2, -0.15) is 5.26 Å². The molecule has 0 fully saturated rings.